The fourth-order valence-electron chi connectivity index (χ4n) is 0.854. The number of esters is 1. The van der Waals surface area contributed by atoms with Crippen molar-refractivity contribution in [1.29, 1.82) is 0 Å². The molecule has 1 aromatic rings. The molecule has 1 N–H and O–H groups in total. The zero-order valence-electron chi connectivity index (χ0n) is 7.14. The van der Waals surface area contributed by atoms with Gasteiger partial charge in [0.2, 0.25) is 0 Å². The zero-order valence-corrected chi connectivity index (χ0v) is 7.14. The summed E-state index contributed by atoms with van der Waals surface area (Å²) in [5.74, 6) is -0.828. The van der Waals surface area contributed by atoms with Gasteiger partial charge in [-0.05, 0) is 0 Å². The van der Waals surface area contributed by atoms with Crippen LogP contribution in [-0.2, 0) is 4.74 Å². The van der Waals surface area contributed by atoms with Crippen LogP contribution < -0.4 is 5.56 Å². The molecular weight excluding hydrogens is 192 g/mol. The largest absolute Gasteiger partial charge is 0.464 e. The number of carbonyl (C=O) groups excluding carboxylic acids is 1. The first-order chi connectivity index (χ1) is 6.54. The quantitative estimate of drug-likeness (QED) is 0.411. The Labute approximate surface area is 77.5 Å². The van der Waals surface area contributed by atoms with E-state index in [4.69, 9.17) is 0 Å². The summed E-state index contributed by atoms with van der Waals surface area (Å²) in [7, 11) is 1.11. The van der Waals surface area contributed by atoms with Crippen molar-refractivity contribution in [1.82, 2.24) is 4.98 Å². The normalized spacial score (nSPS) is 9.50. The Bertz CT molecular complexity index is 436. The maximum atomic E-state index is 10.9. The van der Waals surface area contributed by atoms with E-state index in [1.807, 2.05) is 0 Å². The van der Waals surface area contributed by atoms with E-state index in [1.165, 1.54) is 0 Å². The molecule has 0 spiro atoms. The molecule has 0 aliphatic rings. The Kier molecular flexibility index (Phi) is 2.61. The molecule has 74 valence electrons. The molecular formula is C7H6N2O5. The zero-order chi connectivity index (χ0) is 10.7. The van der Waals surface area contributed by atoms with E-state index in [0.29, 0.717) is 0 Å². The lowest BCUT2D eigenvalue weighted by molar-refractivity contribution is -0.385. The topological polar surface area (TPSA) is 102 Å². The van der Waals surface area contributed by atoms with Crippen LogP contribution in [0.3, 0.4) is 0 Å². The lowest BCUT2D eigenvalue weighted by atomic mass is 10.3. The number of rotatable bonds is 2. The number of aromatic nitrogens is 1. The van der Waals surface area contributed by atoms with Crippen LogP contribution in [-0.4, -0.2) is 23.0 Å². The summed E-state index contributed by atoms with van der Waals surface area (Å²) in [6, 6.07) is 1.72. The van der Waals surface area contributed by atoms with Crippen LogP contribution in [0.4, 0.5) is 5.69 Å². The lowest BCUT2D eigenvalue weighted by Crippen LogP contribution is -2.14. The van der Waals surface area contributed by atoms with E-state index in [0.717, 1.165) is 19.2 Å². The third-order valence-corrected chi connectivity index (χ3v) is 1.45. The van der Waals surface area contributed by atoms with Gasteiger partial charge >= 0.3 is 5.97 Å². The van der Waals surface area contributed by atoms with E-state index in [2.05, 4.69) is 9.72 Å². The number of nitro groups is 1. The monoisotopic (exact) mass is 198 g/mol. The van der Waals surface area contributed by atoms with Gasteiger partial charge in [0.15, 0.2) is 0 Å². The highest BCUT2D eigenvalue weighted by Gasteiger charge is 2.13. The fraction of sp³-hybridized carbons (Fsp3) is 0.143. The first-order valence-electron chi connectivity index (χ1n) is 3.51. The summed E-state index contributed by atoms with van der Waals surface area (Å²) in [6.07, 6.45) is 0. The molecule has 1 heterocycles. The summed E-state index contributed by atoms with van der Waals surface area (Å²) >= 11 is 0. The molecule has 0 unspecified atom stereocenters. The van der Waals surface area contributed by atoms with Crippen molar-refractivity contribution in [3.05, 3.63) is 38.3 Å². The molecule has 0 fully saturated rings. The Balaban J connectivity index is 3.27. The highest BCUT2D eigenvalue weighted by atomic mass is 16.6. The first kappa shape index (κ1) is 9.90. The maximum absolute atomic E-state index is 10.9. The molecule has 0 bridgehead atoms. The van der Waals surface area contributed by atoms with Gasteiger partial charge in [0, 0.05) is 6.07 Å². The van der Waals surface area contributed by atoms with Gasteiger partial charge in [0.05, 0.1) is 18.1 Å². The van der Waals surface area contributed by atoms with Crippen molar-refractivity contribution in [3.8, 4) is 0 Å². The fourth-order valence-corrected chi connectivity index (χ4v) is 0.854. The highest BCUT2D eigenvalue weighted by Crippen LogP contribution is 2.08. The molecule has 0 aromatic carbocycles. The number of ether oxygens (including phenoxy) is 1. The van der Waals surface area contributed by atoms with Crippen LogP contribution in [0.1, 0.15) is 10.5 Å². The van der Waals surface area contributed by atoms with Crippen LogP contribution in [0.5, 0.6) is 0 Å². The van der Waals surface area contributed by atoms with Gasteiger partial charge in [-0.2, -0.15) is 0 Å². The number of hydrogen-bond donors (Lipinski definition) is 1. The minimum absolute atomic E-state index is 0.244. The first-order valence-corrected chi connectivity index (χ1v) is 3.51. The number of hydrogen-bond acceptors (Lipinski definition) is 5. The molecule has 0 saturated heterocycles. The van der Waals surface area contributed by atoms with Crippen LogP contribution in [0.2, 0.25) is 0 Å². The van der Waals surface area contributed by atoms with Gasteiger partial charge in [-0.25, -0.2) is 4.79 Å². The molecule has 0 aliphatic heterocycles. The molecule has 0 aliphatic carbocycles. The number of methoxy groups -OCH3 is 1. The maximum Gasteiger partial charge on any atom is 0.354 e. The summed E-state index contributed by atoms with van der Waals surface area (Å²) in [5, 5.41) is 10.3. The number of nitrogens with one attached hydrogen (secondary N) is 1. The molecule has 0 amide bonds. The van der Waals surface area contributed by atoms with Gasteiger partial charge in [-0.1, -0.05) is 0 Å². The van der Waals surface area contributed by atoms with Gasteiger partial charge in [-0.15, -0.1) is 0 Å². The van der Waals surface area contributed by atoms with Crippen molar-refractivity contribution in [2.45, 2.75) is 0 Å². The second kappa shape index (κ2) is 3.69. The van der Waals surface area contributed by atoms with Crippen LogP contribution >= 0.6 is 0 Å². The van der Waals surface area contributed by atoms with E-state index >= 15 is 0 Å². The Morgan fingerprint density at radius 3 is 2.71 bits per heavy atom. The summed E-state index contributed by atoms with van der Waals surface area (Å²) < 4.78 is 4.29. The molecule has 1 rings (SSSR count). The number of nitrogens with zero attached hydrogens (tertiary/aromatic N) is 1. The van der Waals surface area contributed by atoms with Crippen molar-refractivity contribution < 1.29 is 14.5 Å². The van der Waals surface area contributed by atoms with Crippen LogP contribution in [0.25, 0.3) is 0 Å². The smallest absolute Gasteiger partial charge is 0.354 e. The van der Waals surface area contributed by atoms with E-state index in [9.17, 15) is 19.7 Å². The molecule has 14 heavy (non-hydrogen) atoms. The second-order valence-electron chi connectivity index (χ2n) is 2.37. The van der Waals surface area contributed by atoms with Gasteiger partial charge in [0.25, 0.3) is 11.2 Å². The van der Waals surface area contributed by atoms with Gasteiger partial charge < -0.3 is 9.72 Å². The van der Waals surface area contributed by atoms with Crippen molar-refractivity contribution >= 4 is 11.7 Å². The molecule has 0 atom stereocenters. The molecule has 1 aromatic heterocycles. The minimum atomic E-state index is -0.828. The Morgan fingerprint density at radius 1 is 1.57 bits per heavy atom. The Hall–Kier alpha value is -2.18. The molecule has 0 radical (unpaired) electrons. The number of pyridine rings is 1. The highest BCUT2D eigenvalue weighted by molar-refractivity contribution is 5.87. The standard InChI is InChI=1S/C7H6N2O5/c1-14-7(11)5-2-4(9(12)13)3-6(10)8-5/h2-3H,1H3,(H,8,10). The Morgan fingerprint density at radius 2 is 2.21 bits per heavy atom. The number of carbonyl (C=O) groups is 1. The van der Waals surface area contributed by atoms with E-state index in [-0.39, 0.29) is 5.69 Å². The van der Waals surface area contributed by atoms with Crippen molar-refractivity contribution in [3.63, 3.8) is 0 Å². The number of aromatic amines is 1. The average molecular weight is 198 g/mol. The average Bonchev–Trinajstić information content (AvgIpc) is 2.15. The minimum Gasteiger partial charge on any atom is -0.464 e. The molecule has 7 heteroatoms. The lowest BCUT2D eigenvalue weighted by Gasteiger charge is -1.97. The SMILES string of the molecule is COC(=O)c1cc([N+](=O)[O-])cc(=O)[nH]1. The van der Waals surface area contributed by atoms with E-state index < -0.39 is 22.1 Å². The van der Waals surface area contributed by atoms with Gasteiger partial charge in [-0.3, -0.25) is 14.9 Å². The summed E-state index contributed by atoms with van der Waals surface area (Å²) in [5.41, 5.74) is -1.42. The van der Waals surface area contributed by atoms with Crippen molar-refractivity contribution in [2.75, 3.05) is 7.11 Å². The van der Waals surface area contributed by atoms with Gasteiger partial charge in [0.1, 0.15) is 5.69 Å². The molecule has 0 saturated carbocycles. The third-order valence-electron chi connectivity index (χ3n) is 1.45. The summed E-state index contributed by atoms with van der Waals surface area (Å²) in [4.78, 5) is 33.5. The predicted molar refractivity (Wildman–Crippen MR) is 45.1 cm³/mol. The second-order valence-corrected chi connectivity index (χ2v) is 2.37. The molecule has 7 nitrogen and oxygen atoms in total. The van der Waals surface area contributed by atoms with Crippen LogP contribution in [0, 0.1) is 10.1 Å². The van der Waals surface area contributed by atoms with Crippen LogP contribution in [0.15, 0.2) is 16.9 Å². The summed E-state index contributed by atoms with van der Waals surface area (Å²) in [6.45, 7) is 0. The van der Waals surface area contributed by atoms with Crippen molar-refractivity contribution in [2.24, 2.45) is 0 Å². The number of H-pyrrole nitrogens is 1. The predicted octanol–water partition coefficient (Wildman–Crippen LogP) is 0.0697. The van der Waals surface area contributed by atoms with E-state index in [1.54, 1.807) is 0 Å². The third kappa shape index (κ3) is 1.94.